The van der Waals surface area contributed by atoms with Crippen molar-refractivity contribution in [3.8, 4) is 5.75 Å². The van der Waals surface area contributed by atoms with Gasteiger partial charge in [0.2, 0.25) is 5.90 Å². The summed E-state index contributed by atoms with van der Waals surface area (Å²) in [5.74, 6) is 1.57. The van der Waals surface area contributed by atoms with Crippen molar-refractivity contribution in [3.05, 3.63) is 102 Å². The highest BCUT2D eigenvalue weighted by molar-refractivity contribution is 5.95. The van der Waals surface area contributed by atoms with Crippen molar-refractivity contribution in [1.82, 2.24) is 0 Å². The lowest BCUT2D eigenvalue weighted by molar-refractivity contribution is 0.306. The smallest absolute Gasteiger partial charge is 0.216 e. The highest BCUT2D eigenvalue weighted by atomic mass is 16.5. The molecule has 0 spiro atoms. The van der Waals surface area contributed by atoms with Crippen LogP contribution in [0.25, 0.3) is 0 Å². The van der Waals surface area contributed by atoms with Crippen LogP contribution in [0.15, 0.2) is 89.9 Å². The molecule has 0 fully saturated rings. The number of hydrogen-bond donors (Lipinski definition) is 0. The third kappa shape index (κ3) is 3.72. The van der Waals surface area contributed by atoms with Crippen molar-refractivity contribution in [2.75, 3.05) is 6.61 Å². The second-order valence-corrected chi connectivity index (χ2v) is 5.97. The number of para-hydroxylation sites is 1. The van der Waals surface area contributed by atoms with Gasteiger partial charge in [-0.05, 0) is 35.4 Å². The van der Waals surface area contributed by atoms with Crippen LogP contribution >= 0.6 is 0 Å². The Morgan fingerprint density at radius 2 is 1.64 bits per heavy atom. The molecule has 0 N–H and O–H groups in total. The van der Waals surface area contributed by atoms with Gasteiger partial charge in [-0.2, -0.15) is 0 Å². The van der Waals surface area contributed by atoms with E-state index in [1.807, 2.05) is 60.7 Å². The van der Waals surface area contributed by atoms with Crippen molar-refractivity contribution in [3.63, 3.8) is 0 Å². The van der Waals surface area contributed by atoms with E-state index in [4.69, 9.17) is 14.5 Å². The van der Waals surface area contributed by atoms with Crippen molar-refractivity contribution in [2.24, 2.45) is 4.99 Å². The fourth-order valence-corrected chi connectivity index (χ4v) is 2.86. The Morgan fingerprint density at radius 1 is 0.880 bits per heavy atom. The predicted octanol–water partition coefficient (Wildman–Crippen LogP) is 4.78. The zero-order chi connectivity index (χ0) is 16.9. The van der Waals surface area contributed by atoms with E-state index in [0.29, 0.717) is 19.1 Å². The summed E-state index contributed by atoms with van der Waals surface area (Å²) < 4.78 is 11.7. The third-order valence-corrected chi connectivity index (χ3v) is 4.16. The molecule has 1 heterocycles. The van der Waals surface area contributed by atoms with E-state index < -0.39 is 0 Å². The second-order valence-electron chi connectivity index (χ2n) is 5.97. The molecular formula is C22H19NO2. The van der Waals surface area contributed by atoms with Crippen molar-refractivity contribution >= 4 is 5.90 Å². The lowest BCUT2D eigenvalue weighted by Crippen LogP contribution is -2.03. The number of rotatable bonds is 5. The standard InChI is InChI=1S/C22H19NO2/c1-3-9-18(10-4-1)21-16-25-22(23-21)19-11-7-8-17(14-19)15-24-20-12-5-2-6-13-20/h1-14,21H,15-16H2/t21-/m0/s1. The summed E-state index contributed by atoms with van der Waals surface area (Å²) in [6.45, 7) is 1.11. The second kappa shape index (κ2) is 7.22. The summed E-state index contributed by atoms with van der Waals surface area (Å²) in [5, 5.41) is 0. The van der Waals surface area contributed by atoms with Gasteiger partial charge in [-0.1, -0.05) is 60.7 Å². The quantitative estimate of drug-likeness (QED) is 0.674. The molecule has 4 rings (SSSR count). The molecule has 0 unspecified atom stereocenters. The zero-order valence-corrected chi connectivity index (χ0v) is 13.8. The first-order valence-corrected chi connectivity index (χ1v) is 8.41. The molecule has 3 aromatic rings. The van der Waals surface area contributed by atoms with Gasteiger partial charge in [0, 0.05) is 5.56 Å². The van der Waals surface area contributed by atoms with Crippen molar-refractivity contribution in [2.45, 2.75) is 12.6 Å². The Morgan fingerprint density at radius 3 is 2.44 bits per heavy atom. The Balaban J connectivity index is 1.48. The Bertz CT molecular complexity index is 859. The van der Waals surface area contributed by atoms with Gasteiger partial charge in [0.1, 0.15) is 25.0 Å². The predicted molar refractivity (Wildman–Crippen MR) is 98.9 cm³/mol. The number of benzene rings is 3. The molecule has 3 aromatic carbocycles. The molecule has 1 aliphatic rings. The molecule has 3 heteroatoms. The minimum Gasteiger partial charge on any atom is -0.489 e. The van der Waals surface area contributed by atoms with E-state index in [0.717, 1.165) is 16.9 Å². The number of nitrogens with zero attached hydrogens (tertiary/aromatic N) is 1. The van der Waals surface area contributed by atoms with E-state index in [1.54, 1.807) is 0 Å². The van der Waals surface area contributed by atoms with Gasteiger partial charge in [-0.3, -0.25) is 0 Å². The van der Waals surface area contributed by atoms with Gasteiger partial charge in [0.25, 0.3) is 0 Å². The monoisotopic (exact) mass is 329 g/mol. The van der Waals surface area contributed by atoms with Crippen LogP contribution in [0.1, 0.15) is 22.7 Å². The van der Waals surface area contributed by atoms with Crippen LogP contribution in [0.5, 0.6) is 5.75 Å². The maximum absolute atomic E-state index is 5.83. The van der Waals surface area contributed by atoms with Gasteiger partial charge < -0.3 is 9.47 Å². The molecule has 0 aromatic heterocycles. The Labute approximate surface area is 147 Å². The summed E-state index contributed by atoms with van der Waals surface area (Å²) in [4.78, 5) is 4.74. The number of ether oxygens (including phenoxy) is 2. The third-order valence-electron chi connectivity index (χ3n) is 4.16. The first-order valence-electron chi connectivity index (χ1n) is 8.41. The molecular weight excluding hydrogens is 310 g/mol. The number of hydrogen-bond acceptors (Lipinski definition) is 3. The highest BCUT2D eigenvalue weighted by Gasteiger charge is 2.21. The molecule has 0 amide bonds. The zero-order valence-electron chi connectivity index (χ0n) is 13.8. The summed E-state index contributed by atoms with van der Waals surface area (Å²) in [6, 6.07) is 28.3. The molecule has 1 atom stereocenters. The van der Waals surface area contributed by atoms with Crippen LogP contribution in [0.4, 0.5) is 0 Å². The minimum atomic E-state index is 0.0698. The topological polar surface area (TPSA) is 30.8 Å². The maximum atomic E-state index is 5.83. The first-order chi connectivity index (χ1) is 12.4. The van der Waals surface area contributed by atoms with Crippen LogP contribution in [0, 0.1) is 0 Å². The maximum Gasteiger partial charge on any atom is 0.216 e. The van der Waals surface area contributed by atoms with Crippen LogP contribution in [-0.2, 0) is 11.3 Å². The summed E-state index contributed by atoms with van der Waals surface area (Å²) in [7, 11) is 0. The van der Waals surface area contributed by atoms with Crippen molar-refractivity contribution in [1.29, 1.82) is 0 Å². The Kier molecular flexibility index (Phi) is 4.46. The largest absolute Gasteiger partial charge is 0.489 e. The average Bonchev–Trinajstić information content (AvgIpc) is 3.18. The van der Waals surface area contributed by atoms with Gasteiger partial charge in [0.15, 0.2) is 0 Å². The van der Waals surface area contributed by atoms with E-state index in [2.05, 4.69) is 24.3 Å². The lowest BCUT2D eigenvalue weighted by atomic mass is 10.1. The molecule has 0 saturated carbocycles. The SMILES string of the molecule is c1ccc(OCc2cccc(C3=N[C@H](c4ccccc4)CO3)c2)cc1. The molecule has 0 bridgehead atoms. The van der Waals surface area contributed by atoms with E-state index >= 15 is 0 Å². The molecule has 0 radical (unpaired) electrons. The van der Waals surface area contributed by atoms with Crippen LogP contribution < -0.4 is 4.74 Å². The van der Waals surface area contributed by atoms with Gasteiger partial charge in [-0.25, -0.2) is 4.99 Å². The van der Waals surface area contributed by atoms with Crippen LogP contribution in [0.3, 0.4) is 0 Å². The normalized spacial score (nSPS) is 16.2. The summed E-state index contributed by atoms with van der Waals surface area (Å²) >= 11 is 0. The fraction of sp³-hybridized carbons (Fsp3) is 0.136. The first kappa shape index (κ1) is 15.5. The van der Waals surface area contributed by atoms with Crippen LogP contribution in [0.2, 0.25) is 0 Å². The van der Waals surface area contributed by atoms with E-state index in [-0.39, 0.29) is 6.04 Å². The molecule has 25 heavy (non-hydrogen) atoms. The summed E-state index contributed by atoms with van der Waals surface area (Å²) in [6.07, 6.45) is 0. The minimum absolute atomic E-state index is 0.0698. The van der Waals surface area contributed by atoms with Gasteiger partial charge >= 0.3 is 0 Å². The summed E-state index contributed by atoms with van der Waals surface area (Å²) in [5.41, 5.74) is 3.27. The molecule has 0 aliphatic carbocycles. The van der Waals surface area contributed by atoms with Crippen molar-refractivity contribution < 1.29 is 9.47 Å². The van der Waals surface area contributed by atoms with Gasteiger partial charge in [0.05, 0.1) is 0 Å². The molecule has 3 nitrogen and oxygen atoms in total. The highest BCUT2D eigenvalue weighted by Crippen LogP contribution is 2.25. The van der Waals surface area contributed by atoms with Crippen LogP contribution in [-0.4, -0.2) is 12.5 Å². The average molecular weight is 329 g/mol. The lowest BCUT2D eigenvalue weighted by Gasteiger charge is -2.07. The van der Waals surface area contributed by atoms with E-state index in [1.165, 1.54) is 5.56 Å². The molecule has 1 aliphatic heterocycles. The molecule has 124 valence electrons. The van der Waals surface area contributed by atoms with Gasteiger partial charge in [-0.15, -0.1) is 0 Å². The molecule has 0 saturated heterocycles. The Hall–Kier alpha value is -3.07. The van der Waals surface area contributed by atoms with E-state index in [9.17, 15) is 0 Å². The fourth-order valence-electron chi connectivity index (χ4n) is 2.86. The number of aliphatic imine (C=N–C) groups is 1.